The fourth-order valence-electron chi connectivity index (χ4n) is 1.92. The predicted molar refractivity (Wildman–Crippen MR) is 83.3 cm³/mol. The number of hydrogen-bond donors (Lipinski definition) is 2. The minimum Gasteiger partial charge on any atom is -0.489 e. The summed E-state index contributed by atoms with van der Waals surface area (Å²) in [5.74, 6) is 1.46. The Labute approximate surface area is 125 Å². The van der Waals surface area contributed by atoms with Gasteiger partial charge in [0.2, 0.25) is 10.0 Å². The summed E-state index contributed by atoms with van der Waals surface area (Å²) in [5.41, 5.74) is 6.56. The van der Waals surface area contributed by atoms with E-state index in [9.17, 15) is 8.42 Å². The van der Waals surface area contributed by atoms with Crippen molar-refractivity contribution in [1.29, 1.82) is 0 Å². The smallest absolute Gasteiger partial charge is 0.232 e. The van der Waals surface area contributed by atoms with Crippen LogP contribution in [0.2, 0.25) is 0 Å². The van der Waals surface area contributed by atoms with Gasteiger partial charge in [-0.3, -0.25) is 4.72 Å². The lowest BCUT2D eigenvalue weighted by Crippen LogP contribution is -2.18. The van der Waals surface area contributed by atoms with Crippen LogP contribution in [0.25, 0.3) is 0 Å². The molecule has 0 amide bonds. The quantitative estimate of drug-likeness (QED) is 0.813. The molecule has 7 heteroatoms. The number of sulfonamides is 1. The summed E-state index contributed by atoms with van der Waals surface area (Å²) in [7, 11) is -3.41. The van der Waals surface area contributed by atoms with Crippen molar-refractivity contribution < 1.29 is 17.9 Å². The molecule has 1 aromatic rings. The van der Waals surface area contributed by atoms with Crippen LogP contribution in [0.3, 0.4) is 0 Å². The molecule has 1 heterocycles. The van der Waals surface area contributed by atoms with Gasteiger partial charge in [0.25, 0.3) is 0 Å². The number of fused-ring (bicyclic) bond motifs is 1. The number of hydrogen-bond acceptors (Lipinski definition) is 5. The molecule has 0 unspecified atom stereocenters. The normalized spacial score (nSPS) is 14.8. The zero-order valence-electron chi connectivity index (χ0n) is 12.4. The number of anilines is 2. The fraction of sp³-hybridized carbons (Fsp3) is 0.571. The van der Waals surface area contributed by atoms with E-state index < -0.39 is 10.0 Å². The summed E-state index contributed by atoms with van der Waals surface area (Å²) < 4.78 is 37.7. The molecule has 1 aromatic carbocycles. The second kappa shape index (κ2) is 6.43. The minimum absolute atomic E-state index is 0.0680. The topological polar surface area (TPSA) is 90.7 Å². The van der Waals surface area contributed by atoms with Gasteiger partial charge in [0.05, 0.1) is 30.3 Å². The van der Waals surface area contributed by atoms with E-state index in [-0.39, 0.29) is 5.75 Å². The predicted octanol–water partition coefficient (Wildman–Crippen LogP) is 2.22. The van der Waals surface area contributed by atoms with Crippen molar-refractivity contribution in [2.24, 2.45) is 5.92 Å². The highest BCUT2D eigenvalue weighted by atomic mass is 32.2. The molecule has 21 heavy (non-hydrogen) atoms. The Morgan fingerprint density at radius 3 is 2.48 bits per heavy atom. The summed E-state index contributed by atoms with van der Waals surface area (Å²) in [6.45, 7) is 5.07. The van der Waals surface area contributed by atoms with Crippen molar-refractivity contribution in [3.05, 3.63) is 12.1 Å². The lowest BCUT2D eigenvalue weighted by atomic mass is 10.2. The Balaban J connectivity index is 2.18. The first-order valence-electron chi connectivity index (χ1n) is 7.07. The van der Waals surface area contributed by atoms with E-state index in [0.29, 0.717) is 48.4 Å². The molecule has 3 N–H and O–H groups in total. The summed E-state index contributed by atoms with van der Waals surface area (Å²) in [6.07, 6.45) is 1.38. The van der Waals surface area contributed by atoms with Crippen molar-refractivity contribution >= 4 is 21.4 Å². The fourth-order valence-corrected chi connectivity index (χ4v) is 3.32. The average molecular weight is 314 g/mol. The Hall–Kier alpha value is -1.63. The Bertz CT molecular complexity index is 599. The van der Waals surface area contributed by atoms with Crippen molar-refractivity contribution in [1.82, 2.24) is 0 Å². The molecule has 0 fully saturated rings. The third-order valence-corrected chi connectivity index (χ3v) is 4.45. The van der Waals surface area contributed by atoms with Gasteiger partial charge >= 0.3 is 0 Å². The molecule has 0 saturated heterocycles. The summed E-state index contributed by atoms with van der Waals surface area (Å²) in [5, 5.41) is 0. The van der Waals surface area contributed by atoms with E-state index in [4.69, 9.17) is 15.2 Å². The minimum atomic E-state index is -3.41. The van der Waals surface area contributed by atoms with E-state index in [0.717, 1.165) is 6.42 Å². The van der Waals surface area contributed by atoms with Crippen molar-refractivity contribution in [3.63, 3.8) is 0 Å². The van der Waals surface area contributed by atoms with E-state index in [1.165, 1.54) is 0 Å². The molecule has 0 aromatic heterocycles. The van der Waals surface area contributed by atoms with E-state index in [1.807, 2.05) is 13.8 Å². The maximum absolute atomic E-state index is 12.1. The van der Waals surface area contributed by atoms with Crippen LogP contribution in [0.5, 0.6) is 11.5 Å². The van der Waals surface area contributed by atoms with Gasteiger partial charge in [-0.1, -0.05) is 13.8 Å². The van der Waals surface area contributed by atoms with Gasteiger partial charge in [0.15, 0.2) is 11.5 Å². The average Bonchev–Trinajstić information content (AvgIpc) is 2.62. The van der Waals surface area contributed by atoms with E-state index in [1.54, 1.807) is 12.1 Å². The molecule has 0 spiro atoms. The number of ether oxygens (including phenoxy) is 2. The van der Waals surface area contributed by atoms with Gasteiger partial charge in [-0.05, 0) is 12.3 Å². The highest BCUT2D eigenvalue weighted by Crippen LogP contribution is 2.37. The van der Waals surface area contributed by atoms with Crippen LogP contribution in [0.1, 0.15) is 26.7 Å². The van der Waals surface area contributed by atoms with Crippen molar-refractivity contribution in [2.45, 2.75) is 26.7 Å². The number of nitrogens with one attached hydrogen (secondary N) is 1. The standard InChI is InChI=1S/C14H22N2O4S/c1-10(2)4-7-21(17,18)16-12-9-14-13(8-11(12)15)19-5-3-6-20-14/h8-10,16H,3-7,15H2,1-2H3. The molecule has 6 nitrogen and oxygen atoms in total. The maximum atomic E-state index is 12.1. The van der Waals surface area contributed by atoms with Crippen LogP contribution in [0.15, 0.2) is 12.1 Å². The molecule has 2 rings (SSSR count). The number of benzene rings is 1. The Morgan fingerprint density at radius 1 is 1.24 bits per heavy atom. The van der Waals surface area contributed by atoms with Crippen LogP contribution in [0.4, 0.5) is 11.4 Å². The summed E-state index contributed by atoms with van der Waals surface area (Å²) in [4.78, 5) is 0. The van der Waals surface area contributed by atoms with Crippen LogP contribution < -0.4 is 19.9 Å². The zero-order valence-corrected chi connectivity index (χ0v) is 13.2. The second-order valence-corrected chi connectivity index (χ2v) is 7.38. The maximum Gasteiger partial charge on any atom is 0.232 e. The van der Waals surface area contributed by atoms with Gasteiger partial charge in [0, 0.05) is 18.6 Å². The Kier molecular flexibility index (Phi) is 4.82. The highest BCUT2D eigenvalue weighted by molar-refractivity contribution is 7.92. The summed E-state index contributed by atoms with van der Waals surface area (Å²) in [6, 6.07) is 3.18. The molecule has 1 aliphatic rings. The Morgan fingerprint density at radius 2 is 1.86 bits per heavy atom. The highest BCUT2D eigenvalue weighted by Gasteiger charge is 2.17. The number of nitrogen functional groups attached to an aromatic ring is 1. The van der Waals surface area contributed by atoms with E-state index >= 15 is 0 Å². The van der Waals surface area contributed by atoms with Crippen LogP contribution in [-0.4, -0.2) is 27.4 Å². The van der Waals surface area contributed by atoms with Gasteiger partial charge in [0.1, 0.15) is 0 Å². The first-order valence-corrected chi connectivity index (χ1v) is 8.72. The van der Waals surface area contributed by atoms with Crippen LogP contribution in [-0.2, 0) is 10.0 Å². The third kappa shape index (κ3) is 4.42. The molecule has 0 atom stereocenters. The largest absolute Gasteiger partial charge is 0.489 e. The molecule has 1 aliphatic heterocycles. The molecular weight excluding hydrogens is 292 g/mol. The van der Waals surface area contributed by atoms with Crippen molar-refractivity contribution in [3.8, 4) is 11.5 Å². The number of nitrogens with two attached hydrogens (primary N) is 1. The van der Waals surface area contributed by atoms with Crippen LogP contribution >= 0.6 is 0 Å². The van der Waals surface area contributed by atoms with Gasteiger partial charge < -0.3 is 15.2 Å². The summed E-state index contributed by atoms with van der Waals surface area (Å²) >= 11 is 0. The van der Waals surface area contributed by atoms with Gasteiger partial charge in [-0.2, -0.15) is 0 Å². The molecule has 0 radical (unpaired) electrons. The molecular formula is C14H22N2O4S. The molecule has 118 valence electrons. The lowest BCUT2D eigenvalue weighted by Gasteiger charge is -2.14. The lowest BCUT2D eigenvalue weighted by molar-refractivity contribution is 0.297. The monoisotopic (exact) mass is 314 g/mol. The molecule has 0 aliphatic carbocycles. The van der Waals surface area contributed by atoms with Gasteiger partial charge in [-0.15, -0.1) is 0 Å². The van der Waals surface area contributed by atoms with E-state index in [2.05, 4.69) is 4.72 Å². The molecule has 0 bridgehead atoms. The number of rotatable bonds is 5. The second-order valence-electron chi connectivity index (χ2n) is 5.54. The van der Waals surface area contributed by atoms with Crippen LogP contribution in [0, 0.1) is 5.92 Å². The van der Waals surface area contributed by atoms with Gasteiger partial charge in [-0.25, -0.2) is 8.42 Å². The molecule has 0 saturated carbocycles. The first kappa shape index (κ1) is 15.8. The van der Waals surface area contributed by atoms with Crippen molar-refractivity contribution in [2.75, 3.05) is 29.4 Å². The first-order chi connectivity index (χ1) is 9.87. The zero-order chi connectivity index (χ0) is 15.5. The SMILES string of the molecule is CC(C)CCS(=O)(=O)Nc1cc2c(cc1N)OCCCO2. The third-order valence-electron chi connectivity index (χ3n) is 3.15.